The number of aryl methyl sites for hydroxylation is 1. The number of hydrogen-bond donors (Lipinski definition) is 1. The minimum absolute atomic E-state index is 0.0105. The molecule has 150 valence electrons. The lowest BCUT2D eigenvalue weighted by Gasteiger charge is -2.38. The third-order valence-electron chi connectivity index (χ3n) is 5.07. The predicted octanol–water partition coefficient (Wildman–Crippen LogP) is 2.68. The van der Waals surface area contributed by atoms with Crippen LogP contribution in [0.2, 0.25) is 0 Å². The zero-order valence-corrected chi connectivity index (χ0v) is 16.6. The van der Waals surface area contributed by atoms with Crippen LogP contribution in [0.25, 0.3) is 0 Å². The molecule has 0 spiro atoms. The molecule has 6 nitrogen and oxygen atoms in total. The summed E-state index contributed by atoms with van der Waals surface area (Å²) in [6.07, 6.45) is 3.56. The lowest BCUT2D eigenvalue weighted by atomic mass is 10.0. The molecule has 1 aliphatic rings. The summed E-state index contributed by atoms with van der Waals surface area (Å²) in [5, 5.41) is 3.13. The number of ether oxygens (including phenoxy) is 2. The fraction of sp³-hybridized carbons (Fsp3) is 0.455. The van der Waals surface area contributed by atoms with E-state index in [1.165, 1.54) is 0 Å². The maximum atomic E-state index is 12.4. The second-order valence-electron chi connectivity index (χ2n) is 7.15. The molecule has 1 amide bonds. The maximum absolute atomic E-state index is 12.4. The normalized spacial score (nSPS) is 19.9. The van der Waals surface area contributed by atoms with E-state index >= 15 is 0 Å². The zero-order chi connectivity index (χ0) is 19.8. The van der Waals surface area contributed by atoms with E-state index < -0.39 is 0 Å². The van der Waals surface area contributed by atoms with Gasteiger partial charge in [0.2, 0.25) is 0 Å². The molecule has 0 aliphatic carbocycles. The maximum Gasteiger partial charge on any atom is 0.251 e. The Morgan fingerprint density at radius 2 is 2.07 bits per heavy atom. The molecule has 28 heavy (non-hydrogen) atoms. The quantitative estimate of drug-likeness (QED) is 0.710. The molecule has 6 heteroatoms. The van der Waals surface area contributed by atoms with E-state index in [-0.39, 0.29) is 18.1 Å². The summed E-state index contributed by atoms with van der Waals surface area (Å²) in [5.74, 6) is 0.768. The summed E-state index contributed by atoms with van der Waals surface area (Å²) in [4.78, 5) is 19.0. The molecule has 1 N–H and O–H groups in total. The molecule has 2 unspecified atom stereocenters. The topological polar surface area (TPSA) is 63.7 Å². The Hall–Kier alpha value is -2.44. The number of methoxy groups -OCH3 is 1. The number of hydrogen-bond acceptors (Lipinski definition) is 5. The van der Waals surface area contributed by atoms with E-state index in [1.807, 2.05) is 49.4 Å². The molecule has 1 fully saturated rings. The summed E-state index contributed by atoms with van der Waals surface area (Å²) >= 11 is 0. The van der Waals surface area contributed by atoms with Crippen molar-refractivity contribution in [1.29, 1.82) is 0 Å². The predicted molar refractivity (Wildman–Crippen MR) is 109 cm³/mol. The largest absolute Gasteiger partial charge is 0.492 e. The average Bonchev–Trinajstić information content (AvgIpc) is 2.74. The number of likely N-dealkylation sites (tertiary alicyclic amines) is 1. The number of carbonyl (C=O) groups is 1. The highest BCUT2D eigenvalue weighted by Crippen LogP contribution is 2.15. The number of nitrogens with zero attached hydrogens (tertiary/aromatic N) is 2. The van der Waals surface area contributed by atoms with Crippen molar-refractivity contribution in [3.8, 4) is 5.75 Å². The molecule has 2 heterocycles. The first-order chi connectivity index (χ1) is 13.7. The van der Waals surface area contributed by atoms with Gasteiger partial charge in [0, 0.05) is 38.0 Å². The molecular weight excluding hydrogens is 354 g/mol. The number of piperidine rings is 1. The molecule has 1 saturated heterocycles. The van der Waals surface area contributed by atoms with Gasteiger partial charge in [-0.25, -0.2) is 0 Å². The van der Waals surface area contributed by atoms with Gasteiger partial charge in [-0.1, -0.05) is 18.2 Å². The average molecular weight is 383 g/mol. The third-order valence-corrected chi connectivity index (χ3v) is 5.07. The molecule has 1 aromatic carbocycles. The molecule has 2 aromatic rings. The summed E-state index contributed by atoms with van der Waals surface area (Å²) in [5.41, 5.74) is 1.67. The van der Waals surface area contributed by atoms with Gasteiger partial charge in [0.25, 0.3) is 5.91 Å². The third kappa shape index (κ3) is 5.78. The van der Waals surface area contributed by atoms with Gasteiger partial charge in [0.15, 0.2) is 0 Å². The van der Waals surface area contributed by atoms with Gasteiger partial charge in [0.1, 0.15) is 5.75 Å². The Morgan fingerprint density at radius 1 is 1.25 bits per heavy atom. The Kier molecular flexibility index (Phi) is 7.39. The minimum Gasteiger partial charge on any atom is -0.492 e. The van der Waals surface area contributed by atoms with Crippen LogP contribution >= 0.6 is 0 Å². The van der Waals surface area contributed by atoms with Crippen molar-refractivity contribution in [2.45, 2.75) is 31.9 Å². The standard InChI is InChI=1S/C22H29N3O3/c1-17-9-10-19(15-23-17)28-14-6-12-25-13-11-20(21(16-25)27-2)24-22(26)18-7-4-3-5-8-18/h3-5,7-10,15,20-21H,6,11-14,16H2,1-2H3,(H,24,26). The SMILES string of the molecule is COC1CN(CCCOc2ccc(C)nc2)CCC1NC(=O)c1ccccc1. The zero-order valence-electron chi connectivity index (χ0n) is 16.6. The fourth-order valence-electron chi connectivity index (χ4n) is 3.45. The number of amides is 1. The number of nitrogens with one attached hydrogen (secondary N) is 1. The van der Waals surface area contributed by atoms with Gasteiger partial charge in [-0.05, 0) is 44.0 Å². The van der Waals surface area contributed by atoms with Crippen molar-refractivity contribution < 1.29 is 14.3 Å². The summed E-state index contributed by atoms with van der Waals surface area (Å²) in [6.45, 7) is 5.31. The second-order valence-corrected chi connectivity index (χ2v) is 7.15. The van der Waals surface area contributed by atoms with Crippen LogP contribution < -0.4 is 10.1 Å². The van der Waals surface area contributed by atoms with Crippen LogP contribution in [0.1, 0.15) is 28.9 Å². The van der Waals surface area contributed by atoms with Crippen molar-refractivity contribution in [1.82, 2.24) is 15.2 Å². The van der Waals surface area contributed by atoms with Gasteiger partial charge >= 0.3 is 0 Å². The first-order valence-electron chi connectivity index (χ1n) is 9.82. The van der Waals surface area contributed by atoms with Gasteiger partial charge in [-0.15, -0.1) is 0 Å². The van der Waals surface area contributed by atoms with Crippen LogP contribution in [-0.4, -0.2) is 61.3 Å². The van der Waals surface area contributed by atoms with E-state index in [4.69, 9.17) is 9.47 Å². The Balaban J connectivity index is 1.41. The molecule has 3 rings (SSSR count). The van der Waals surface area contributed by atoms with Crippen molar-refractivity contribution in [2.75, 3.05) is 33.4 Å². The molecule has 0 saturated carbocycles. The van der Waals surface area contributed by atoms with Gasteiger partial charge in [0.05, 0.1) is 24.9 Å². The van der Waals surface area contributed by atoms with E-state index in [9.17, 15) is 4.79 Å². The molecule has 2 atom stereocenters. The highest BCUT2D eigenvalue weighted by Gasteiger charge is 2.30. The Bertz CT molecular complexity index is 736. The molecule has 1 aromatic heterocycles. The number of rotatable bonds is 8. The van der Waals surface area contributed by atoms with E-state index in [2.05, 4.69) is 15.2 Å². The first kappa shape index (κ1) is 20.3. The molecular formula is C22H29N3O3. The van der Waals surface area contributed by atoms with E-state index in [0.29, 0.717) is 12.2 Å². The van der Waals surface area contributed by atoms with E-state index in [0.717, 1.165) is 43.9 Å². The van der Waals surface area contributed by atoms with Crippen LogP contribution in [0.5, 0.6) is 5.75 Å². The lowest BCUT2D eigenvalue weighted by Crippen LogP contribution is -2.55. The van der Waals surface area contributed by atoms with Crippen LogP contribution in [0.3, 0.4) is 0 Å². The van der Waals surface area contributed by atoms with Gasteiger partial charge < -0.3 is 19.7 Å². The van der Waals surface area contributed by atoms with Crippen molar-refractivity contribution in [3.63, 3.8) is 0 Å². The lowest BCUT2D eigenvalue weighted by molar-refractivity contribution is 0.00530. The molecule has 1 aliphatic heterocycles. The van der Waals surface area contributed by atoms with Gasteiger partial charge in [-0.2, -0.15) is 0 Å². The fourth-order valence-corrected chi connectivity index (χ4v) is 3.45. The number of benzene rings is 1. The van der Waals surface area contributed by atoms with Crippen molar-refractivity contribution in [3.05, 3.63) is 59.9 Å². The molecule has 0 bridgehead atoms. The second kappa shape index (κ2) is 10.2. The van der Waals surface area contributed by atoms with Gasteiger partial charge in [-0.3, -0.25) is 9.78 Å². The number of pyridine rings is 1. The highest BCUT2D eigenvalue weighted by atomic mass is 16.5. The van der Waals surface area contributed by atoms with Crippen LogP contribution in [0.4, 0.5) is 0 Å². The van der Waals surface area contributed by atoms with Crippen molar-refractivity contribution in [2.24, 2.45) is 0 Å². The molecule has 0 radical (unpaired) electrons. The van der Waals surface area contributed by atoms with Crippen LogP contribution in [0, 0.1) is 6.92 Å². The summed E-state index contributed by atoms with van der Waals surface area (Å²) in [7, 11) is 1.71. The number of carbonyl (C=O) groups excluding carboxylic acids is 1. The summed E-state index contributed by atoms with van der Waals surface area (Å²) < 4.78 is 11.4. The smallest absolute Gasteiger partial charge is 0.251 e. The highest BCUT2D eigenvalue weighted by molar-refractivity contribution is 5.94. The Labute approximate surface area is 166 Å². The minimum atomic E-state index is -0.0405. The Morgan fingerprint density at radius 3 is 2.79 bits per heavy atom. The van der Waals surface area contributed by atoms with Crippen molar-refractivity contribution >= 4 is 5.91 Å². The van der Waals surface area contributed by atoms with E-state index in [1.54, 1.807) is 13.3 Å². The first-order valence-corrected chi connectivity index (χ1v) is 9.82. The van der Waals surface area contributed by atoms with Crippen LogP contribution in [0.15, 0.2) is 48.7 Å². The summed E-state index contributed by atoms with van der Waals surface area (Å²) in [6, 6.07) is 13.2. The number of aromatic nitrogens is 1. The van der Waals surface area contributed by atoms with Crippen LogP contribution in [-0.2, 0) is 4.74 Å². The monoisotopic (exact) mass is 383 g/mol.